The predicted octanol–water partition coefficient (Wildman–Crippen LogP) is 4.80. The number of aromatic hydroxyl groups is 1. The molecule has 0 atom stereocenters. The van der Waals surface area contributed by atoms with Crippen LogP contribution in [0.3, 0.4) is 0 Å². The Morgan fingerprint density at radius 3 is 2.24 bits per heavy atom. The Morgan fingerprint density at radius 1 is 0.920 bits per heavy atom. The lowest BCUT2D eigenvalue weighted by atomic mass is 10.1. The molecule has 0 aliphatic rings. The quantitative estimate of drug-likeness (QED) is 0.690. The van der Waals surface area contributed by atoms with E-state index in [1.54, 1.807) is 0 Å². The smallest absolute Gasteiger partial charge is 0.416 e. The third-order valence-corrected chi connectivity index (χ3v) is 3.28. The van der Waals surface area contributed by atoms with Gasteiger partial charge in [-0.1, -0.05) is 0 Å². The number of phenols is 1. The van der Waals surface area contributed by atoms with Crippen LogP contribution in [0, 0.1) is 5.82 Å². The number of hydrogen-bond acceptors (Lipinski definition) is 4. The number of halogens is 4. The fraction of sp³-hybridized carbons (Fsp3) is 0.0588. The van der Waals surface area contributed by atoms with Crippen molar-refractivity contribution < 1.29 is 27.4 Å². The highest BCUT2D eigenvalue weighted by Gasteiger charge is 2.30. The Labute approximate surface area is 139 Å². The van der Waals surface area contributed by atoms with Crippen LogP contribution in [-0.2, 0) is 6.18 Å². The maximum Gasteiger partial charge on any atom is 0.416 e. The molecule has 0 saturated heterocycles. The first-order chi connectivity index (χ1) is 11.8. The fourth-order valence-electron chi connectivity index (χ4n) is 2.08. The maximum atomic E-state index is 13.5. The van der Waals surface area contributed by atoms with Gasteiger partial charge in [0, 0.05) is 18.0 Å². The van der Waals surface area contributed by atoms with E-state index in [4.69, 9.17) is 4.74 Å². The molecule has 1 heterocycles. The van der Waals surface area contributed by atoms with Crippen molar-refractivity contribution in [2.45, 2.75) is 6.18 Å². The fourth-order valence-corrected chi connectivity index (χ4v) is 2.08. The van der Waals surface area contributed by atoms with Crippen molar-refractivity contribution in [1.82, 2.24) is 9.97 Å². The van der Waals surface area contributed by atoms with Gasteiger partial charge >= 0.3 is 6.18 Å². The van der Waals surface area contributed by atoms with Crippen LogP contribution in [0.5, 0.6) is 17.4 Å². The molecule has 0 aliphatic heterocycles. The minimum Gasteiger partial charge on any atom is -0.505 e. The first-order valence-corrected chi connectivity index (χ1v) is 6.99. The molecule has 0 bridgehead atoms. The standard InChI is InChI=1S/C17H10F4N2O2/c18-13-9-10(1-6-14(13)24)15-16(23-8-7-22-15)25-12-4-2-11(3-5-12)17(19,20)21/h1-9,24H. The maximum absolute atomic E-state index is 13.5. The van der Waals surface area contributed by atoms with E-state index in [2.05, 4.69) is 9.97 Å². The molecule has 0 fully saturated rings. The van der Waals surface area contributed by atoms with Gasteiger partial charge in [-0.3, -0.25) is 0 Å². The minimum atomic E-state index is -4.44. The van der Waals surface area contributed by atoms with E-state index in [-0.39, 0.29) is 17.3 Å². The van der Waals surface area contributed by atoms with Crippen LogP contribution in [0.25, 0.3) is 11.3 Å². The van der Waals surface area contributed by atoms with E-state index in [1.807, 2.05) is 0 Å². The number of phenolic OH excluding ortho intramolecular Hbond substituents is 1. The van der Waals surface area contributed by atoms with Gasteiger partial charge < -0.3 is 9.84 Å². The second kappa shape index (κ2) is 6.39. The van der Waals surface area contributed by atoms with Crippen LogP contribution in [0.15, 0.2) is 54.9 Å². The van der Waals surface area contributed by atoms with Gasteiger partial charge in [-0.15, -0.1) is 0 Å². The second-order valence-electron chi connectivity index (χ2n) is 5.00. The zero-order valence-electron chi connectivity index (χ0n) is 12.5. The zero-order chi connectivity index (χ0) is 18.0. The van der Waals surface area contributed by atoms with E-state index in [1.165, 1.54) is 18.5 Å². The van der Waals surface area contributed by atoms with Crippen molar-refractivity contribution in [1.29, 1.82) is 0 Å². The van der Waals surface area contributed by atoms with Crippen LogP contribution >= 0.6 is 0 Å². The van der Waals surface area contributed by atoms with E-state index < -0.39 is 23.3 Å². The molecule has 25 heavy (non-hydrogen) atoms. The van der Waals surface area contributed by atoms with Crippen molar-refractivity contribution in [2.75, 3.05) is 0 Å². The first-order valence-electron chi connectivity index (χ1n) is 6.99. The Balaban J connectivity index is 1.92. The number of aromatic nitrogens is 2. The van der Waals surface area contributed by atoms with Gasteiger partial charge in [0.05, 0.1) is 5.56 Å². The van der Waals surface area contributed by atoms with E-state index >= 15 is 0 Å². The van der Waals surface area contributed by atoms with E-state index in [0.717, 1.165) is 36.4 Å². The summed E-state index contributed by atoms with van der Waals surface area (Å²) in [7, 11) is 0. The summed E-state index contributed by atoms with van der Waals surface area (Å²) in [4.78, 5) is 8.04. The molecule has 8 heteroatoms. The summed E-state index contributed by atoms with van der Waals surface area (Å²) in [6, 6.07) is 7.69. The number of benzene rings is 2. The lowest BCUT2D eigenvalue weighted by molar-refractivity contribution is -0.137. The van der Waals surface area contributed by atoms with Crippen LogP contribution in [0.4, 0.5) is 17.6 Å². The average Bonchev–Trinajstić information content (AvgIpc) is 2.58. The number of alkyl halides is 3. The molecule has 1 N–H and O–H groups in total. The molecular weight excluding hydrogens is 340 g/mol. The minimum absolute atomic E-state index is 0.00708. The predicted molar refractivity (Wildman–Crippen MR) is 80.6 cm³/mol. The van der Waals surface area contributed by atoms with Crippen molar-refractivity contribution in [2.24, 2.45) is 0 Å². The summed E-state index contributed by atoms with van der Waals surface area (Å²) >= 11 is 0. The zero-order valence-corrected chi connectivity index (χ0v) is 12.5. The Morgan fingerprint density at radius 2 is 1.60 bits per heavy atom. The molecule has 0 amide bonds. The third kappa shape index (κ3) is 3.68. The Bertz CT molecular complexity index is 896. The van der Waals surface area contributed by atoms with E-state index in [9.17, 15) is 22.7 Å². The van der Waals surface area contributed by atoms with Crippen molar-refractivity contribution in [3.8, 4) is 28.6 Å². The van der Waals surface area contributed by atoms with Gasteiger partial charge in [-0.25, -0.2) is 14.4 Å². The van der Waals surface area contributed by atoms with Crippen LogP contribution in [0.1, 0.15) is 5.56 Å². The molecule has 0 radical (unpaired) electrons. The first kappa shape index (κ1) is 16.7. The SMILES string of the molecule is Oc1ccc(-c2nccnc2Oc2ccc(C(F)(F)F)cc2)cc1F. The van der Waals surface area contributed by atoms with Crippen molar-refractivity contribution >= 4 is 0 Å². The topological polar surface area (TPSA) is 55.2 Å². The molecule has 128 valence electrons. The largest absolute Gasteiger partial charge is 0.505 e. The van der Waals surface area contributed by atoms with Gasteiger partial charge in [0.15, 0.2) is 11.6 Å². The average molecular weight is 350 g/mol. The summed E-state index contributed by atoms with van der Waals surface area (Å²) in [6.07, 6.45) is -1.75. The third-order valence-electron chi connectivity index (χ3n) is 3.28. The lowest BCUT2D eigenvalue weighted by Crippen LogP contribution is -2.04. The summed E-state index contributed by atoms with van der Waals surface area (Å²) in [5.74, 6) is -1.25. The molecule has 0 unspecified atom stereocenters. The normalized spacial score (nSPS) is 11.4. The monoisotopic (exact) mass is 350 g/mol. The Hall–Kier alpha value is -3.16. The summed E-state index contributed by atoms with van der Waals surface area (Å²) in [5, 5.41) is 9.25. The number of rotatable bonds is 3. The molecule has 1 aromatic heterocycles. The molecule has 0 saturated carbocycles. The highest BCUT2D eigenvalue weighted by atomic mass is 19.4. The number of ether oxygens (including phenoxy) is 1. The van der Waals surface area contributed by atoms with E-state index in [0.29, 0.717) is 5.56 Å². The molecule has 2 aromatic carbocycles. The molecular formula is C17H10F4N2O2. The summed E-state index contributed by atoms with van der Waals surface area (Å²) in [5.41, 5.74) is -0.327. The second-order valence-corrected chi connectivity index (χ2v) is 5.00. The van der Waals surface area contributed by atoms with Gasteiger partial charge in [0.1, 0.15) is 11.4 Å². The van der Waals surface area contributed by atoms with Crippen LogP contribution in [0.2, 0.25) is 0 Å². The van der Waals surface area contributed by atoms with Crippen molar-refractivity contribution in [3.05, 3.63) is 66.2 Å². The molecule has 0 spiro atoms. The van der Waals surface area contributed by atoms with Gasteiger partial charge in [0.2, 0.25) is 5.88 Å². The van der Waals surface area contributed by atoms with Gasteiger partial charge in [-0.05, 0) is 42.5 Å². The number of hydrogen-bond donors (Lipinski definition) is 1. The molecule has 0 aliphatic carbocycles. The summed E-state index contributed by atoms with van der Waals surface area (Å²) in [6.45, 7) is 0. The summed E-state index contributed by atoms with van der Waals surface area (Å²) < 4.78 is 56.8. The Kier molecular flexibility index (Phi) is 4.26. The highest BCUT2D eigenvalue weighted by Crippen LogP contribution is 2.34. The number of nitrogens with zero attached hydrogens (tertiary/aromatic N) is 2. The molecule has 4 nitrogen and oxygen atoms in total. The van der Waals surface area contributed by atoms with Gasteiger partial charge in [0.25, 0.3) is 0 Å². The highest BCUT2D eigenvalue weighted by molar-refractivity contribution is 5.65. The van der Waals surface area contributed by atoms with Crippen LogP contribution < -0.4 is 4.74 Å². The van der Waals surface area contributed by atoms with Crippen molar-refractivity contribution in [3.63, 3.8) is 0 Å². The van der Waals surface area contributed by atoms with Crippen LogP contribution in [-0.4, -0.2) is 15.1 Å². The molecule has 3 aromatic rings. The lowest BCUT2D eigenvalue weighted by Gasteiger charge is -2.11. The molecule has 3 rings (SSSR count). The van der Waals surface area contributed by atoms with Gasteiger partial charge in [-0.2, -0.15) is 13.2 Å².